The van der Waals surface area contributed by atoms with E-state index in [9.17, 15) is 15.0 Å². The summed E-state index contributed by atoms with van der Waals surface area (Å²) in [6, 6.07) is 17.2. The molecule has 0 saturated heterocycles. The van der Waals surface area contributed by atoms with Crippen molar-refractivity contribution in [3.63, 3.8) is 0 Å². The van der Waals surface area contributed by atoms with Gasteiger partial charge in [-0.15, -0.1) is 0 Å². The molecule has 4 heteroatoms. The van der Waals surface area contributed by atoms with Crippen LogP contribution in [0.5, 0.6) is 0 Å². The van der Waals surface area contributed by atoms with Crippen molar-refractivity contribution in [3.8, 4) is 0 Å². The lowest BCUT2D eigenvalue weighted by Crippen LogP contribution is -2.45. The third-order valence-corrected chi connectivity index (χ3v) is 6.16. The molecule has 156 valence electrons. The Balaban J connectivity index is 1.52. The van der Waals surface area contributed by atoms with E-state index in [2.05, 4.69) is 36.5 Å². The van der Waals surface area contributed by atoms with Crippen LogP contribution in [0.15, 0.2) is 54.6 Å². The van der Waals surface area contributed by atoms with Crippen molar-refractivity contribution in [2.45, 2.75) is 57.6 Å². The molecule has 1 saturated carbocycles. The second kappa shape index (κ2) is 10.6. The van der Waals surface area contributed by atoms with Crippen LogP contribution in [0.4, 0.5) is 0 Å². The zero-order valence-electron chi connectivity index (χ0n) is 17.3. The number of amides is 1. The van der Waals surface area contributed by atoms with Crippen LogP contribution in [0.3, 0.4) is 0 Å². The molecule has 2 aromatic rings. The van der Waals surface area contributed by atoms with E-state index in [4.69, 9.17) is 0 Å². The van der Waals surface area contributed by atoms with Gasteiger partial charge in [0.15, 0.2) is 0 Å². The quantitative estimate of drug-likeness (QED) is 0.634. The summed E-state index contributed by atoms with van der Waals surface area (Å²) in [5, 5.41) is 23.1. The van der Waals surface area contributed by atoms with Crippen molar-refractivity contribution in [1.29, 1.82) is 0 Å². The molecule has 2 aromatic carbocycles. The highest BCUT2D eigenvalue weighted by atomic mass is 16.3. The van der Waals surface area contributed by atoms with Crippen LogP contribution in [-0.4, -0.2) is 28.8 Å². The highest BCUT2D eigenvalue weighted by molar-refractivity contribution is 5.79. The maximum absolute atomic E-state index is 12.8. The minimum absolute atomic E-state index is 0.0382. The maximum atomic E-state index is 12.8. The molecule has 1 fully saturated rings. The molecule has 4 atom stereocenters. The highest BCUT2D eigenvalue weighted by Crippen LogP contribution is 2.32. The lowest BCUT2D eigenvalue weighted by atomic mass is 9.78. The van der Waals surface area contributed by atoms with E-state index in [1.165, 1.54) is 17.5 Å². The summed E-state index contributed by atoms with van der Waals surface area (Å²) in [5.74, 6) is 0.468. The number of benzene rings is 2. The molecule has 1 amide bonds. The van der Waals surface area contributed by atoms with Gasteiger partial charge in [0.25, 0.3) is 0 Å². The summed E-state index contributed by atoms with van der Waals surface area (Å²) < 4.78 is 0. The molecule has 0 aliphatic heterocycles. The van der Waals surface area contributed by atoms with Crippen LogP contribution >= 0.6 is 0 Å². The summed E-state index contributed by atoms with van der Waals surface area (Å²) in [4.78, 5) is 12.8. The van der Waals surface area contributed by atoms with Gasteiger partial charge in [-0.25, -0.2) is 0 Å². The van der Waals surface area contributed by atoms with Crippen molar-refractivity contribution in [2.24, 2.45) is 11.8 Å². The molecule has 0 radical (unpaired) electrons. The number of aryl methyl sites for hydroxylation is 2. The molecule has 0 heterocycles. The van der Waals surface area contributed by atoms with Crippen LogP contribution in [0.1, 0.15) is 54.9 Å². The van der Waals surface area contributed by atoms with Crippen molar-refractivity contribution >= 4 is 5.91 Å². The van der Waals surface area contributed by atoms with Gasteiger partial charge in [-0.1, -0.05) is 73.0 Å². The summed E-state index contributed by atoms with van der Waals surface area (Å²) in [7, 11) is 0. The van der Waals surface area contributed by atoms with Crippen LogP contribution < -0.4 is 5.32 Å². The topological polar surface area (TPSA) is 69.6 Å². The van der Waals surface area contributed by atoms with Crippen molar-refractivity contribution < 1.29 is 15.0 Å². The fourth-order valence-electron chi connectivity index (χ4n) is 4.32. The number of aliphatic hydroxyl groups is 2. The third-order valence-electron chi connectivity index (χ3n) is 6.16. The Kier molecular flexibility index (Phi) is 7.84. The lowest BCUT2D eigenvalue weighted by Gasteiger charge is -2.30. The van der Waals surface area contributed by atoms with E-state index in [1.54, 1.807) is 12.1 Å². The molecule has 0 spiro atoms. The Morgan fingerprint density at radius 1 is 1.10 bits per heavy atom. The molecule has 4 nitrogen and oxygen atoms in total. The van der Waals surface area contributed by atoms with E-state index in [1.807, 2.05) is 18.2 Å². The number of nitrogens with one attached hydrogen (secondary N) is 1. The van der Waals surface area contributed by atoms with Crippen LogP contribution in [0.25, 0.3) is 0 Å². The summed E-state index contributed by atoms with van der Waals surface area (Å²) in [5.41, 5.74) is 3.33. The Hall–Kier alpha value is -2.17. The SMILES string of the molecule is Cc1ccc(CC[C@@H]2CCC[C@H](C(=O)N[C@@H](CO)[C@@H](O)c3ccccc3)C2)cc1. The Morgan fingerprint density at radius 2 is 1.83 bits per heavy atom. The average molecular weight is 396 g/mol. The Labute approximate surface area is 174 Å². The van der Waals surface area contributed by atoms with E-state index >= 15 is 0 Å². The van der Waals surface area contributed by atoms with Gasteiger partial charge in [0.05, 0.1) is 12.6 Å². The summed E-state index contributed by atoms with van der Waals surface area (Å²) in [6.45, 7) is 1.81. The van der Waals surface area contributed by atoms with E-state index in [-0.39, 0.29) is 18.4 Å². The molecule has 0 aromatic heterocycles. The molecule has 3 N–H and O–H groups in total. The Morgan fingerprint density at radius 3 is 2.52 bits per heavy atom. The van der Waals surface area contributed by atoms with E-state index in [0.29, 0.717) is 11.5 Å². The van der Waals surface area contributed by atoms with Crippen LogP contribution in [0, 0.1) is 18.8 Å². The maximum Gasteiger partial charge on any atom is 0.223 e. The molecule has 1 aliphatic rings. The zero-order chi connectivity index (χ0) is 20.6. The summed E-state index contributed by atoms with van der Waals surface area (Å²) in [6.07, 6.45) is 5.23. The molecule has 29 heavy (non-hydrogen) atoms. The number of hydrogen-bond donors (Lipinski definition) is 3. The van der Waals surface area contributed by atoms with E-state index < -0.39 is 12.1 Å². The van der Waals surface area contributed by atoms with Crippen molar-refractivity contribution in [1.82, 2.24) is 5.32 Å². The minimum Gasteiger partial charge on any atom is -0.394 e. The third kappa shape index (κ3) is 6.15. The smallest absolute Gasteiger partial charge is 0.223 e. The molecular weight excluding hydrogens is 362 g/mol. The minimum atomic E-state index is -0.911. The predicted octanol–water partition coefficient (Wildman–Crippen LogP) is 3.94. The first-order valence-electron chi connectivity index (χ1n) is 10.8. The van der Waals surface area contributed by atoms with Gasteiger partial charge >= 0.3 is 0 Å². The molecule has 3 rings (SSSR count). The number of aliphatic hydroxyl groups excluding tert-OH is 2. The number of carbonyl (C=O) groups is 1. The van der Waals surface area contributed by atoms with Crippen molar-refractivity contribution in [2.75, 3.05) is 6.61 Å². The average Bonchev–Trinajstić information content (AvgIpc) is 2.77. The van der Waals surface area contributed by atoms with Crippen molar-refractivity contribution in [3.05, 3.63) is 71.3 Å². The van der Waals surface area contributed by atoms with Gasteiger partial charge in [0.2, 0.25) is 5.91 Å². The second-order valence-electron chi connectivity index (χ2n) is 8.41. The van der Waals surface area contributed by atoms with Crippen LogP contribution in [-0.2, 0) is 11.2 Å². The zero-order valence-corrected chi connectivity index (χ0v) is 17.3. The molecule has 1 aliphatic carbocycles. The predicted molar refractivity (Wildman–Crippen MR) is 115 cm³/mol. The van der Waals surface area contributed by atoms with Gasteiger partial charge in [0, 0.05) is 5.92 Å². The van der Waals surface area contributed by atoms with Gasteiger partial charge in [-0.05, 0) is 49.7 Å². The number of carbonyl (C=O) groups excluding carboxylic acids is 1. The highest BCUT2D eigenvalue weighted by Gasteiger charge is 2.30. The Bertz CT molecular complexity index is 759. The van der Waals surface area contributed by atoms with Gasteiger partial charge in [-0.3, -0.25) is 4.79 Å². The standard InChI is InChI=1S/C25H33NO3/c1-18-10-12-19(13-11-18)14-15-20-6-5-9-22(16-20)25(29)26-23(17-27)24(28)21-7-3-2-4-8-21/h2-4,7-8,10-13,20,22-24,27-28H,5-6,9,14-17H2,1H3,(H,26,29)/t20-,22-,23-,24-/m0/s1. The fourth-order valence-corrected chi connectivity index (χ4v) is 4.32. The fraction of sp³-hybridized carbons (Fsp3) is 0.480. The van der Waals surface area contributed by atoms with Crippen LogP contribution in [0.2, 0.25) is 0 Å². The first-order chi connectivity index (χ1) is 14.1. The normalized spacial score (nSPS) is 21.3. The van der Waals surface area contributed by atoms with Gasteiger partial charge in [0.1, 0.15) is 6.10 Å². The molecule has 0 unspecified atom stereocenters. The van der Waals surface area contributed by atoms with E-state index in [0.717, 1.165) is 32.1 Å². The first kappa shape index (κ1) is 21.5. The van der Waals surface area contributed by atoms with Gasteiger partial charge < -0.3 is 15.5 Å². The first-order valence-corrected chi connectivity index (χ1v) is 10.8. The summed E-state index contributed by atoms with van der Waals surface area (Å²) >= 11 is 0. The monoisotopic (exact) mass is 395 g/mol. The molecule has 0 bridgehead atoms. The number of hydrogen-bond acceptors (Lipinski definition) is 3. The van der Waals surface area contributed by atoms with Gasteiger partial charge in [-0.2, -0.15) is 0 Å². The second-order valence-corrected chi connectivity index (χ2v) is 8.41. The lowest BCUT2D eigenvalue weighted by molar-refractivity contribution is -0.128. The molecular formula is C25H33NO3. The largest absolute Gasteiger partial charge is 0.394 e. The number of rotatable bonds is 8.